The number of aliphatic hydroxyl groups excluding tert-OH is 1. The van der Waals surface area contributed by atoms with Crippen molar-refractivity contribution in [3.63, 3.8) is 0 Å². The van der Waals surface area contributed by atoms with Crippen molar-refractivity contribution in [1.29, 1.82) is 0 Å². The molecule has 0 aliphatic heterocycles. The number of nitrogens with two attached hydrogens (primary N) is 1. The zero-order valence-corrected chi connectivity index (χ0v) is 6.17. The lowest BCUT2D eigenvalue weighted by Crippen LogP contribution is -2.23. The molecule has 0 heterocycles. The van der Waals surface area contributed by atoms with Crippen molar-refractivity contribution in [3.8, 4) is 0 Å². The average molecular weight is 152 g/mol. The fraction of sp³-hybridized carbons (Fsp3) is 1.00. The summed E-state index contributed by atoms with van der Waals surface area (Å²) in [6, 6.07) is 0. The number of hydrogen-bond acceptors (Lipinski definition) is 4. The fourth-order valence-corrected chi connectivity index (χ4v) is 0.641. The van der Waals surface area contributed by atoms with E-state index in [0.29, 0.717) is 0 Å². The van der Waals surface area contributed by atoms with Gasteiger partial charge in [-0.25, -0.2) is 0 Å². The van der Waals surface area contributed by atoms with Gasteiger partial charge >= 0.3 is 8.03 Å². The summed E-state index contributed by atoms with van der Waals surface area (Å²) in [4.78, 5) is 0. The van der Waals surface area contributed by atoms with Gasteiger partial charge in [-0.2, -0.15) is 0 Å². The lowest BCUT2D eigenvalue weighted by Gasteiger charge is -1.99. The summed E-state index contributed by atoms with van der Waals surface area (Å²) in [5, 5.41) is 8.73. The van der Waals surface area contributed by atoms with Crippen molar-refractivity contribution >= 4 is 8.03 Å². The minimum Gasteiger partial charge on any atom is -0.389 e. The third-order valence-corrected chi connectivity index (χ3v) is 1.23. The van der Waals surface area contributed by atoms with E-state index in [4.69, 9.17) is 10.8 Å². The van der Waals surface area contributed by atoms with Crippen LogP contribution in [0, 0.1) is 0 Å². The molecule has 0 aromatic heterocycles. The fourth-order valence-electron chi connectivity index (χ4n) is 0.259. The van der Waals surface area contributed by atoms with Crippen molar-refractivity contribution in [3.05, 3.63) is 0 Å². The molecule has 2 unspecified atom stereocenters. The summed E-state index contributed by atoms with van der Waals surface area (Å²) < 4.78 is 14.8. The first-order valence-corrected chi connectivity index (χ1v) is 4.21. The summed E-state index contributed by atoms with van der Waals surface area (Å²) in [6.45, 7) is 1.63. The second-order valence-electron chi connectivity index (χ2n) is 1.62. The average Bonchev–Trinajstić information content (AvgIpc) is 1.83. The van der Waals surface area contributed by atoms with Gasteiger partial charge in [-0.1, -0.05) is 0 Å². The van der Waals surface area contributed by atoms with E-state index in [2.05, 4.69) is 4.52 Å². The SMILES string of the molecule is C[P+](=O)OCC(O)CN. The van der Waals surface area contributed by atoms with Gasteiger partial charge in [-0.15, -0.1) is 4.52 Å². The molecule has 0 rings (SSSR count). The Hall–Kier alpha value is -0.0200. The predicted octanol–water partition coefficient (Wildman–Crippen LogP) is -0.305. The van der Waals surface area contributed by atoms with Crippen LogP contribution in [0.4, 0.5) is 0 Å². The lowest BCUT2D eigenvalue weighted by molar-refractivity contribution is 0.119. The Bertz CT molecular complexity index is 97.8. The maximum atomic E-state index is 10.2. The predicted molar refractivity (Wildman–Crippen MR) is 34.5 cm³/mol. The zero-order valence-electron chi connectivity index (χ0n) is 5.28. The second kappa shape index (κ2) is 4.82. The highest BCUT2D eigenvalue weighted by Gasteiger charge is 2.10. The molecular weight excluding hydrogens is 141 g/mol. The Balaban J connectivity index is 3.16. The first-order valence-electron chi connectivity index (χ1n) is 2.58. The third kappa shape index (κ3) is 5.86. The molecule has 2 atom stereocenters. The number of rotatable bonds is 4. The molecule has 0 amide bonds. The van der Waals surface area contributed by atoms with E-state index in [1.54, 1.807) is 0 Å². The molecule has 0 aromatic rings. The topological polar surface area (TPSA) is 72.5 Å². The van der Waals surface area contributed by atoms with Gasteiger partial charge in [0.1, 0.15) is 6.61 Å². The van der Waals surface area contributed by atoms with E-state index < -0.39 is 14.1 Å². The van der Waals surface area contributed by atoms with Crippen LogP contribution in [0.15, 0.2) is 0 Å². The standard InChI is InChI=1S/C4H11NO3P/c1-9(7)8-3-4(6)2-5/h4,6H,2-3,5H2,1H3/q+1. The van der Waals surface area contributed by atoms with E-state index in [0.717, 1.165) is 0 Å². The van der Waals surface area contributed by atoms with Crippen molar-refractivity contribution in [2.75, 3.05) is 19.8 Å². The molecule has 5 heteroatoms. The van der Waals surface area contributed by atoms with Gasteiger partial charge in [0.05, 0.1) is 6.10 Å². The molecule has 0 radical (unpaired) electrons. The monoisotopic (exact) mass is 152 g/mol. The Morgan fingerprint density at radius 2 is 2.44 bits per heavy atom. The van der Waals surface area contributed by atoms with Gasteiger partial charge in [-0.3, -0.25) is 0 Å². The molecule has 3 N–H and O–H groups in total. The van der Waals surface area contributed by atoms with Gasteiger partial charge in [0, 0.05) is 6.54 Å². The smallest absolute Gasteiger partial charge is 0.389 e. The zero-order chi connectivity index (χ0) is 7.28. The van der Waals surface area contributed by atoms with Crippen LogP contribution in [-0.2, 0) is 9.09 Å². The van der Waals surface area contributed by atoms with Gasteiger partial charge in [0.25, 0.3) is 0 Å². The maximum absolute atomic E-state index is 10.2. The summed E-state index contributed by atoms with van der Waals surface area (Å²) in [7, 11) is -1.60. The first-order chi connectivity index (χ1) is 4.16. The first kappa shape index (κ1) is 8.98. The van der Waals surface area contributed by atoms with Crippen LogP contribution >= 0.6 is 8.03 Å². The van der Waals surface area contributed by atoms with Crippen LogP contribution in [-0.4, -0.2) is 31.0 Å². The molecule has 4 nitrogen and oxygen atoms in total. The van der Waals surface area contributed by atoms with Gasteiger partial charge in [0.15, 0.2) is 6.66 Å². The minimum atomic E-state index is -1.60. The molecule has 0 saturated carbocycles. The normalized spacial score (nSPS) is 15.2. The van der Waals surface area contributed by atoms with E-state index in [9.17, 15) is 4.57 Å². The molecule has 54 valence electrons. The highest BCUT2D eigenvalue weighted by molar-refractivity contribution is 7.38. The van der Waals surface area contributed by atoms with Crippen LogP contribution in [0.25, 0.3) is 0 Å². The molecule has 0 aliphatic carbocycles. The van der Waals surface area contributed by atoms with E-state index in [1.807, 2.05) is 0 Å². The van der Waals surface area contributed by atoms with Crippen LogP contribution in [0.1, 0.15) is 0 Å². The van der Waals surface area contributed by atoms with Crippen molar-refractivity contribution in [2.24, 2.45) is 5.73 Å². The summed E-state index contributed by atoms with van der Waals surface area (Å²) in [5.74, 6) is 0. The van der Waals surface area contributed by atoms with Crippen molar-refractivity contribution in [1.82, 2.24) is 0 Å². The third-order valence-electron chi connectivity index (χ3n) is 0.721. The number of aliphatic hydroxyl groups is 1. The molecule has 0 aromatic carbocycles. The summed E-state index contributed by atoms with van der Waals surface area (Å²) in [5.41, 5.74) is 5.03. The van der Waals surface area contributed by atoms with E-state index in [-0.39, 0.29) is 13.2 Å². The molecular formula is C4H11NO3P+. The van der Waals surface area contributed by atoms with Gasteiger partial charge in [0.2, 0.25) is 0 Å². The lowest BCUT2D eigenvalue weighted by atomic mass is 10.4. The summed E-state index contributed by atoms with van der Waals surface area (Å²) in [6.07, 6.45) is -0.691. The highest BCUT2D eigenvalue weighted by Crippen LogP contribution is 2.14. The second-order valence-corrected chi connectivity index (χ2v) is 2.76. The summed E-state index contributed by atoms with van der Waals surface area (Å²) >= 11 is 0. The number of hydrogen-bond donors (Lipinski definition) is 2. The largest absolute Gasteiger partial charge is 0.504 e. The molecule has 0 fully saturated rings. The molecule has 9 heavy (non-hydrogen) atoms. The van der Waals surface area contributed by atoms with Gasteiger partial charge in [-0.05, 0) is 4.57 Å². The molecule has 0 saturated heterocycles. The molecule has 0 bridgehead atoms. The Morgan fingerprint density at radius 1 is 1.89 bits per heavy atom. The van der Waals surface area contributed by atoms with Gasteiger partial charge < -0.3 is 10.8 Å². The molecule has 0 spiro atoms. The van der Waals surface area contributed by atoms with Crippen LogP contribution < -0.4 is 5.73 Å². The van der Waals surface area contributed by atoms with Crippen LogP contribution in [0.5, 0.6) is 0 Å². The quantitative estimate of drug-likeness (QED) is 0.542. The van der Waals surface area contributed by atoms with Crippen molar-refractivity contribution in [2.45, 2.75) is 6.10 Å². The van der Waals surface area contributed by atoms with Crippen molar-refractivity contribution < 1.29 is 14.2 Å². The molecule has 0 aliphatic rings. The van der Waals surface area contributed by atoms with E-state index >= 15 is 0 Å². The highest BCUT2D eigenvalue weighted by atomic mass is 31.1. The van der Waals surface area contributed by atoms with Crippen LogP contribution in [0.3, 0.4) is 0 Å². The van der Waals surface area contributed by atoms with Crippen LogP contribution in [0.2, 0.25) is 0 Å². The Kier molecular flexibility index (Phi) is 4.81. The maximum Gasteiger partial charge on any atom is 0.504 e. The Labute approximate surface area is 54.9 Å². The Morgan fingerprint density at radius 3 is 2.78 bits per heavy atom. The van der Waals surface area contributed by atoms with E-state index in [1.165, 1.54) is 6.66 Å². The minimum absolute atomic E-state index is 0.0577.